The highest BCUT2D eigenvalue weighted by Crippen LogP contribution is 2.27. The van der Waals surface area contributed by atoms with Crippen molar-refractivity contribution in [2.24, 2.45) is 5.92 Å². The first-order chi connectivity index (χ1) is 12.0. The fourth-order valence-corrected chi connectivity index (χ4v) is 4.10. The first-order valence-corrected chi connectivity index (χ1v) is 9.38. The molecule has 2 fully saturated rings. The maximum Gasteiger partial charge on any atom is 0.269 e. The van der Waals surface area contributed by atoms with Crippen LogP contribution in [0, 0.1) is 16.0 Å². The molecule has 0 saturated carbocycles. The number of nitro benzene ring substituents is 1. The maximum atomic E-state index is 10.8. The minimum atomic E-state index is -0.344. The Bertz CT molecular complexity index is 560. The third-order valence-corrected chi connectivity index (χ3v) is 5.39. The molecule has 3 rings (SSSR count). The molecule has 25 heavy (non-hydrogen) atoms. The molecule has 6 nitrogen and oxygen atoms in total. The van der Waals surface area contributed by atoms with Gasteiger partial charge in [0.25, 0.3) is 5.69 Å². The number of rotatable bonds is 5. The van der Waals surface area contributed by atoms with Crippen LogP contribution in [0.3, 0.4) is 0 Å². The number of hydrogen-bond donors (Lipinski definition) is 0. The van der Waals surface area contributed by atoms with Crippen LogP contribution in [0.25, 0.3) is 0 Å². The maximum absolute atomic E-state index is 10.8. The number of ether oxygens (including phenoxy) is 1. The molecule has 1 aromatic rings. The summed E-state index contributed by atoms with van der Waals surface area (Å²) in [6.07, 6.45) is 4.34. The first kappa shape index (κ1) is 18.1. The average Bonchev–Trinajstić information content (AvgIpc) is 2.60. The smallest absolute Gasteiger partial charge is 0.269 e. The number of piperidine rings is 1. The fourth-order valence-electron chi connectivity index (χ4n) is 4.10. The second kappa shape index (κ2) is 8.15. The second-order valence-corrected chi connectivity index (χ2v) is 7.51. The SMILES string of the molecule is CC1CN(CCC2CCN(c3ccc([N+](=O)[O-])cc3)CC2)CC(C)O1. The molecule has 2 aliphatic rings. The van der Waals surface area contributed by atoms with E-state index in [1.165, 1.54) is 25.8 Å². The number of hydrogen-bond acceptors (Lipinski definition) is 5. The Hall–Kier alpha value is -1.66. The minimum Gasteiger partial charge on any atom is -0.373 e. The van der Waals surface area contributed by atoms with Crippen molar-refractivity contribution in [3.8, 4) is 0 Å². The monoisotopic (exact) mass is 347 g/mol. The Morgan fingerprint density at radius 3 is 2.28 bits per heavy atom. The molecule has 138 valence electrons. The molecule has 2 unspecified atom stereocenters. The van der Waals surface area contributed by atoms with E-state index < -0.39 is 0 Å². The van der Waals surface area contributed by atoms with Crippen molar-refractivity contribution in [3.05, 3.63) is 34.4 Å². The number of nitrogens with zero attached hydrogens (tertiary/aromatic N) is 3. The zero-order valence-corrected chi connectivity index (χ0v) is 15.3. The summed E-state index contributed by atoms with van der Waals surface area (Å²) in [5, 5.41) is 10.8. The summed E-state index contributed by atoms with van der Waals surface area (Å²) in [6.45, 7) is 9.66. The van der Waals surface area contributed by atoms with Gasteiger partial charge in [0.1, 0.15) is 0 Å². The lowest BCUT2D eigenvalue weighted by molar-refractivity contribution is -0.384. The number of benzene rings is 1. The minimum absolute atomic E-state index is 0.160. The Kier molecular flexibility index (Phi) is 5.91. The van der Waals surface area contributed by atoms with Gasteiger partial charge in [0, 0.05) is 44.0 Å². The lowest BCUT2D eigenvalue weighted by atomic mass is 9.93. The molecule has 0 aromatic heterocycles. The zero-order chi connectivity index (χ0) is 17.8. The Morgan fingerprint density at radius 1 is 1.12 bits per heavy atom. The summed E-state index contributed by atoms with van der Waals surface area (Å²) >= 11 is 0. The third kappa shape index (κ3) is 4.92. The fraction of sp³-hybridized carbons (Fsp3) is 0.684. The zero-order valence-electron chi connectivity index (χ0n) is 15.3. The van der Waals surface area contributed by atoms with Crippen molar-refractivity contribution in [2.45, 2.75) is 45.3 Å². The standard InChI is InChI=1S/C19H29N3O3/c1-15-13-20(14-16(2)25-15)10-7-17-8-11-21(12-9-17)18-3-5-19(6-4-18)22(23)24/h3-6,15-17H,7-14H2,1-2H3. The summed E-state index contributed by atoms with van der Waals surface area (Å²) in [6, 6.07) is 6.94. The molecule has 0 spiro atoms. The van der Waals surface area contributed by atoms with Crippen LogP contribution < -0.4 is 4.90 Å². The highest BCUT2D eigenvalue weighted by Gasteiger charge is 2.24. The first-order valence-electron chi connectivity index (χ1n) is 9.38. The van der Waals surface area contributed by atoms with Gasteiger partial charge in [0.2, 0.25) is 0 Å². The van der Waals surface area contributed by atoms with Gasteiger partial charge in [-0.15, -0.1) is 0 Å². The molecule has 2 aliphatic heterocycles. The van der Waals surface area contributed by atoms with E-state index in [9.17, 15) is 10.1 Å². The summed E-state index contributed by atoms with van der Waals surface area (Å²) in [5.74, 6) is 0.780. The van der Waals surface area contributed by atoms with E-state index in [1.54, 1.807) is 12.1 Å². The van der Waals surface area contributed by atoms with Gasteiger partial charge < -0.3 is 9.64 Å². The molecule has 2 atom stereocenters. The van der Waals surface area contributed by atoms with Crippen LogP contribution in [-0.4, -0.2) is 54.8 Å². The van der Waals surface area contributed by atoms with E-state index in [2.05, 4.69) is 23.6 Å². The van der Waals surface area contributed by atoms with Crippen molar-refractivity contribution < 1.29 is 9.66 Å². The van der Waals surface area contributed by atoms with Crippen LogP contribution in [-0.2, 0) is 4.74 Å². The van der Waals surface area contributed by atoms with E-state index >= 15 is 0 Å². The van der Waals surface area contributed by atoms with E-state index in [1.807, 2.05) is 12.1 Å². The summed E-state index contributed by atoms with van der Waals surface area (Å²) in [4.78, 5) is 15.3. The third-order valence-electron chi connectivity index (χ3n) is 5.39. The van der Waals surface area contributed by atoms with Crippen LogP contribution in [0.1, 0.15) is 33.1 Å². The van der Waals surface area contributed by atoms with Crippen LogP contribution >= 0.6 is 0 Å². The Labute approximate surface area is 149 Å². The van der Waals surface area contributed by atoms with Gasteiger partial charge in [0.15, 0.2) is 0 Å². The van der Waals surface area contributed by atoms with Crippen molar-refractivity contribution in [1.29, 1.82) is 0 Å². The summed E-state index contributed by atoms with van der Waals surface area (Å²) in [5.41, 5.74) is 1.26. The second-order valence-electron chi connectivity index (χ2n) is 7.51. The summed E-state index contributed by atoms with van der Waals surface area (Å²) in [7, 11) is 0. The molecule has 6 heteroatoms. The van der Waals surface area contributed by atoms with Gasteiger partial charge in [-0.3, -0.25) is 15.0 Å². The average molecular weight is 347 g/mol. The van der Waals surface area contributed by atoms with Crippen molar-refractivity contribution in [3.63, 3.8) is 0 Å². The molecule has 0 aliphatic carbocycles. The molecule has 2 saturated heterocycles. The van der Waals surface area contributed by atoms with Gasteiger partial charge in [-0.25, -0.2) is 0 Å². The molecular weight excluding hydrogens is 318 g/mol. The number of morpholine rings is 1. The molecule has 0 bridgehead atoms. The van der Waals surface area contributed by atoms with Crippen molar-refractivity contribution in [2.75, 3.05) is 37.6 Å². The largest absolute Gasteiger partial charge is 0.373 e. The van der Waals surface area contributed by atoms with Crippen molar-refractivity contribution in [1.82, 2.24) is 4.90 Å². The number of anilines is 1. The molecular formula is C19H29N3O3. The molecule has 1 aromatic carbocycles. The summed E-state index contributed by atoms with van der Waals surface area (Å²) < 4.78 is 5.80. The number of nitro groups is 1. The van der Waals surface area contributed by atoms with Crippen LogP contribution in [0.5, 0.6) is 0 Å². The predicted octanol–water partition coefficient (Wildman–Crippen LogP) is 3.31. The quantitative estimate of drug-likeness (QED) is 0.604. The van der Waals surface area contributed by atoms with Crippen LogP contribution in [0.15, 0.2) is 24.3 Å². The highest BCUT2D eigenvalue weighted by molar-refractivity contribution is 5.51. The number of non-ortho nitro benzene ring substituents is 1. The Balaban J connectivity index is 1.43. The van der Waals surface area contributed by atoms with E-state index in [-0.39, 0.29) is 10.6 Å². The van der Waals surface area contributed by atoms with Gasteiger partial charge in [-0.2, -0.15) is 0 Å². The molecule has 0 N–H and O–H groups in total. The van der Waals surface area contributed by atoms with E-state index in [0.717, 1.165) is 37.8 Å². The van der Waals surface area contributed by atoms with Gasteiger partial charge in [-0.05, 0) is 57.7 Å². The van der Waals surface area contributed by atoms with Gasteiger partial charge in [0.05, 0.1) is 17.1 Å². The highest BCUT2D eigenvalue weighted by atomic mass is 16.6. The van der Waals surface area contributed by atoms with E-state index in [4.69, 9.17) is 4.74 Å². The lowest BCUT2D eigenvalue weighted by Gasteiger charge is -2.37. The lowest BCUT2D eigenvalue weighted by Crippen LogP contribution is -2.46. The normalized spacial score (nSPS) is 25.9. The van der Waals surface area contributed by atoms with E-state index in [0.29, 0.717) is 12.2 Å². The predicted molar refractivity (Wildman–Crippen MR) is 99.1 cm³/mol. The Morgan fingerprint density at radius 2 is 1.72 bits per heavy atom. The molecule has 0 radical (unpaired) electrons. The van der Waals surface area contributed by atoms with Gasteiger partial charge >= 0.3 is 0 Å². The van der Waals surface area contributed by atoms with Crippen molar-refractivity contribution >= 4 is 11.4 Å². The molecule has 2 heterocycles. The molecule has 0 amide bonds. The van der Waals surface area contributed by atoms with Crippen LogP contribution in [0.2, 0.25) is 0 Å². The van der Waals surface area contributed by atoms with Gasteiger partial charge in [-0.1, -0.05) is 0 Å². The van der Waals surface area contributed by atoms with Crippen LogP contribution in [0.4, 0.5) is 11.4 Å². The topological polar surface area (TPSA) is 58.9 Å².